The lowest BCUT2D eigenvalue weighted by molar-refractivity contribution is 0.370. The van der Waals surface area contributed by atoms with E-state index in [1.54, 1.807) is 23.9 Å². The Kier molecular flexibility index (Phi) is 5.55. The number of rotatable bonds is 7. The summed E-state index contributed by atoms with van der Waals surface area (Å²) in [4.78, 5) is 5.31. The minimum atomic E-state index is -0.228. The highest BCUT2D eigenvalue weighted by Crippen LogP contribution is 2.21. The SMILES string of the molecule is CC(C)NCCc1nc(CSc2ccc(F)cc2)no1. The Morgan fingerprint density at radius 2 is 2.05 bits per heavy atom. The van der Waals surface area contributed by atoms with E-state index in [1.165, 1.54) is 12.1 Å². The first-order chi connectivity index (χ1) is 9.63. The third-order valence-electron chi connectivity index (χ3n) is 2.58. The van der Waals surface area contributed by atoms with Gasteiger partial charge in [0.1, 0.15) is 5.82 Å². The lowest BCUT2D eigenvalue weighted by Crippen LogP contribution is -2.25. The zero-order valence-electron chi connectivity index (χ0n) is 11.6. The van der Waals surface area contributed by atoms with Gasteiger partial charge in [-0.1, -0.05) is 19.0 Å². The van der Waals surface area contributed by atoms with Crippen molar-refractivity contribution >= 4 is 11.8 Å². The van der Waals surface area contributed by atoms with Gasteiger partial charge in [-0.25, -0.2) is 4.39 Å². The number of hydrogen-bond donors (Lipinski definition) is 1. The number of halogens is 1. The van der Waals surface area contributed by atoms with Crippen molar-refractivity contribution in [1.82, 2.24) is 15.5 Å². The van der Waals surface area contributed by atoms with Gasteiger partial charge in [-0.2, -0.15) is 4.98 Å². The van der Waals surface area contributed by atoms with Gasteiger partial charge in [0.2, 0.25) is 5.89 Å². The van der Waals surface area contributed by atoms with Crippen molar-refractivity contribution in [2.75, 3.05) is 6.54 Å². The first-order valence-electron chi connectivity index (χ1n) is 6.56. The number of nitrogens with one attached hydrogen (secondary N) is 1. The zero-order chi connectivity index (χ0) is 14.4. The molecular weight excluding hydrogens is 277 g/mol. The number of aromatic nitrogens is 2. The molecule has 0 saturated heterocycles. The van der Waals surface area contributed by atoms with Gasteiger partial charge in [0.05, 0.1) is 5.75 Å². The summed E-state index contributed by atoms with van der Waals surface area (Å²) in [7, 11) is 0. The molecule has 1 heterocycles. The van der Waals surface area contributed by atoms with Crippen LogP contribution in [0.5, 0.6) is 0 Å². The lowest BCUT2D eigenvalue weighted by Gasteiger charge is -2.04. The smallest absolute Gasteiger partial charge is 0.227 e. The predicted octanol–water partition coefficient (Wildman–Crippen LogP) is 3.04. The minimum absolute atomic E-state index is 0.228. The van der Waals surface area contributed by atoms with Crippen molar-refractivity contribution in [3.63, 3.8) is 0 Å². The van der Waals surface area contributed by atoms with Crippen LogP contribution in [0.2, 0.25) is 0 Å². The zero-order valence-corrected chi connectivity index (χ0v) is 12.4. The Bertz CT molecular complexity index is 527. The summed E-state index contributed by atoms with van der Waals surface area (Å²) in [5.41, 5.74) is 0. The van der Waals surface area contributed by atoms with Crippen LogP contribution in [0.3, 0.4) is 0 Å². The topological polar surface area (TPSA) is 51.0 Å². The van der Waals surface area contributed by atoms with Gasteiger partial charge in [-0.05, 0) is 24.3 Å². The molecule has 0 aliphatic rings. The van der Waals surface area contributed by atoms with E-state index in [4.69, 9.17) is 4.52 Å². The van der Waals surface area contributed by atoms with Crippen LogP contribution < -0.4 is 5.32 Å². The fraction of sp³-hybridized carbons (Fsp3) is 0.429. The standard InChI is InChI=1S/C14H18FN3OS/c1-10(2)16-8-7-14-17-13(18-19-14)9-20-12-5-3-11(15)4-6-12/h3-6,10,16H,7-9H2,1-2H3. The summed E-state index contributed by atoms with van der Waals surface area (Å²) in [5, 5.41) is 7.24. The molecule has 4 nitrogen and oxygen atoms in total. The molecular formula is C14H18FN3OS. The number of nitrogens with zero attached hydrogens (tertiary/aromatic N) is 2. The maximum atomic E-state index is 12.8. The minimum Gasteiger partial charge on any atom is -0.339 e. The Morgan fingerprint density at radius 3 is 2.75 bits per heavy atom. The van der Waals surface area contributed by atoms with Crippen LogP contribution in [-0.2, 0) is 12.2 Å². The summed E-state index contributed by atoms with van der Waals surface area (Å²) in [5.74, 6) is 1.70. The van der Waals surface area contributed by atoms with Crippen LogP contribution in [0, 0.1) is 5.82 Å². The van der Waals surface area contributed by atoms with Crippen molar-refractivity contribution in [2.45, 2.75) is 37.0 Å². The predicted molar refractivity (Wildman–Crippen MR) is 77.1 cm³/mol. The second-order valence-electron chi connectivity index (χ2n) is 4.71. The van der Waals surface area contributed by atoms with Crippen LogP contribution in [0.4, 0.5) is 4.39 Å². The maximum Gasteiger partial charge on any atom is 0.227 e. The number of thioether (sulfide) groups is 1. The van der Waals surface area contributed by atoms with Crippen molar-refractivity contribution < 1.29 is 8.91 Å². The van der Waals surface area contributed by atoms with E-state index >= 15 is 0 Å². The second kappa shape index (κ2) is 7.40. The molecule has 0 amide bonds. The maximum absolute atomic E-state index is 12.8. The molecule has 20 heavy (non-hydrogen) atoms. The van der Waals surface area contributed by atoms with Gasteiger partial charge < -0.3 is 9.84 Å². The van der Waals surface area contributed by atoms with Gasteiger partial charge in [-0.3, -0.25) is 0 Å². The van der Waals surface area contributed by atoms with Crippen molar-refractivity contribution in [3.8, 4) is 0 Å². The van der Waals surface area contributed by atoms with Gasteiger partial charge in [-0.15, -0.1) is 11.8 Å². The first-order valence-corrected chi connectivity index (χ1v) is 7.55. The van der Waals surface area contributed by atoms with E-state index in [0.29, 0.717) is 23.5 Å². The molecule has 0 spiro atoms. The van der Waals surface area contributed by atoms with Crippen LogP contribution in [0.25, 0.3) is 0 Å². The molecule has 0 bridgehead atoms. The molecule has 0 atom stereocenters. The molecule has 108 valence electrons. The molecule has 0 aliphatic carbocycles. The largest absolute Gasteiger partial charge is 0.339 e. The molecule has 2 aromatic rings. The van der Waals surface area contributed by atoms with Gasteiger partial charge in [0, 0.05) is 23.9 Å². The summed E-state index contributed by atoms with van der Waals surface area (Å²) in [6, 6.07) is 6.83. The highest BCUT2D eigenvalue weighted by molar-refractivity contribution is 7.98. The Labute approximate surface area is 122 Å². The van der Waals surface area contributed by atoms with Gasteiger partial charge in [0.25, 0.3) is 0 Å². The molecule has 0 fully saturated rings. The third-order valence-corrected chi connectivity index (χ3v) is 3.59. The summed E-state index contributed by atoms with van der Waals surface area (Å²) >= 11 is 1.56. The van der Waals surface area contributed by atoms with E-state index in [0.717, 1.165) is 17.9 Å². The number of benzene rings is 1. The van der Waals surface area contributed by atoms with E-state index in [-0.39, 0.29) is 5.82 Å². The average Bonchev–Trinajstić information content (AvgIpc) is 2.86. The Balaban J connectivity index is 1.79. The molecule has 0 saturated carbocycles. The normalized spacial score (nSPS) is 11.2. The monoisotopic (exact) mass is 295 g/mol. The fourth-order valence-corrected chi connectivity index (χ4v) is 2.34. The summed E-state index contributed by atoms with van der Waals surface area (Å²) in [6.45, 7) is 5.02. The molecule has 0 radical (unpaired) electrons. The molecule has 2 rings (SSSR count). The van der Waals surface area contributed by atoms with Crippen LogP contribution >= 0.6 is 11.8 Å². The van der Waals surface area contributed by atoms with Gasteiger partial charge in [0.15, 0.2) is 5.82 Å². The van der Waals surface area contributed by atoms with Crippen molar-refractivity contribution in [3.05, 3.63) is 41.8 Å². The summed E-state index contributed by atoms with van der Waals surface area (Å²) < 4.78 is 18.0. The first kappa shape index (κ1) is 15.0. The van der Waals surface area contributed by atoms with E-state index in [2.05, 4.69) is 29.3 Å². The van der Waals surface area contributed by atoms with E-state index < -0.39 is 0 Å². The average molecular weight is 295 g/mol. The Morgan fingerprint density at radius 1 is 1.30 bits per heavy atom. The third kappa shape index (κ3) is 4.94. The van der Waals surface area contributed by atoms with Crippen molar-refractivity contribution in [1.29, 1.82) is 0 Å². The molecule has 0 aliphatic heterocycles. The van der Waals surface area contributed by atoms with E-state index in [1.807, 2.05) is 0 Å². The fourth-order valence-electron chi connectivity index (χ4n) is 1.60. The number of hydrogen-bond acceptors (Lipinski definition) is 5. The quantitative estimate of drug-likeness (QED) is 0.796. The van der Waals surface area contributed by atoms with Crippen LogP contribution in [0.15, 0.2) is 33.7 Å². The van der Waals surface area contributed by atoms with E-state index in [9.17, 15) is 4.39 Å². The van der Waals surface area contributed by atoms with Crippen molar-refractivity contribution in [2.24, 2.45) is 0 Å². The van der Waals surface area contributed by atoms with Crippen LogP contribution in [-0.4, -0.2) is 22.7 Å². The van der Waals surface area contributed by atoms with Crippen LogP contribution in [0.1, 0.15) is 25.6 Å². The molecule has 1 aromatic carbocycles. The lowest BCUT2D eigenvalue weighted by atomic mass is 10.3. The Hall–Kier alpha value is -1.40. The molecule has 0 unspecified atom stereocenters. The highest BCUT2D eigenvalue weighted by Gasteiger charge is 2.07. The highest BCUT2D eigenvalue weighted by atomic mass is 32.2. The van der Waals surface area contributed by atoms with Gasteiger partial charge >= 0.3 is 0 Å². The summed E-state index contributed by atoms with van der Waals surface area (Å²) in [6.07, 6.45) is 0.729. The molecule has 1 aromatic heterocycles. The molecule has 6 heteroatoms. The second-order valence-corrected chi connectivity index (χ2v) is 5.75. The molecule has 1 N–H and O–H groups in total.